The van der Waals surface area contributed by atoms with Crippen molar-refractivity contribution in [1.29, 1.82) is 0 Å². The van der Waals surface area contributed by atoms with Gasteiger partial charge in [0.15, 0.2) is 0 Å². The van der Waals surface area contributed by atoms with Crippen LogP contribution < -0.4 is 0 Å². The molecule has 2 rings (SSSR count). The van der Waals surface area contributed by atoms with Gasteiger partial charge in [0, 0.05) is 5.02 Å². The molecule has 1 aromatic heterocycles. The van der Waals surface area contributed by atoms with Crippen LogP contribution in [0.25, 0.3) is 5.69 Å². The third-order valence-electron chi connectivity index (χ3n) is 2.04. The lowest BCUT2D eigenvalue weighted by Gasteiger charge is -2.08. The van der Waals surface area contributed by atoms with E-state index in [0.29, 0.717) is 5.02 Å². The van der Waals surface area contributed by atoms with Crippen LogP contribution in [0, 0.1) is 6.92 Å². The summed E-state index contributed by atoms with van der Waals surface area (Å²) in [7, 11) is 0. The summed E-state index contributed by atoms with van der Waals surface area (Å²) in [6, 6.07) is 5.89. The quantitative estimate of drug-likeness (QED) is 0.789. The SMILES string of the molecule is Cc1nc(C(F)(F)F)n(-c2ccc(Cl)cc2)n1. The number of aryl methyl sites for hydroxylation is 1. The van der Waals surface area contributed by atoms with Gasteiger partial charge in [-0.15, -0.1) is 0 Å². The van der Waals surface area contributed by atoms with Gasteiger partial charge in [-0.05, 0) is 31.2 Å². The Kier molecular flexibility index (Phi) is 2.82. The molecule has 0 saturated heterocycles. The molecular formula is C10H7ClF3N3. The molecule has 0 unspecified atom stereocenters. The van der Waals surface area contributed by atoms with Gasteiger partial charge in [-0.2, -0.15) is 18.3 Å². The molecule has 0 radical (unpaired) electrons. The smallest absolute Gasteiger partial charge is 0.209 e. The average Bonchev–Trinajstić information content (AvgIpc) is 2.61. The Morgan fingerprint density at radius 1 is 1.18 bits per heavy atom. The molecule has 0 aliphatic carbocycles. The van der Waals surface area contributed by atoms with Gasteiger partial charge in [0.1, 0.15) is 5.82 Å². The maximum Gasteiger partial charge on any atom is 0.451 e. The summed E-state index contributed by atoms with van der Waals surface area (Å²) in [4.78, 5) is 3.37. The summed E-state index contributed by atoms with van der Waals surface area (Å²) < 4.78 is 38.8. The fourth-order valence-electron chi connectivity index (χ4n) is 1.36. The minimum atomic E-state index is -4.54. The molecule has 0 bridgehead atoms. The zero-order valence-electron chi connectivity index (χ0n) is 8.66. The highest BCUT2D eigenvalue weighted by Crippen LogP contribution is 2.29. The molecule has 0 amide bonds. The number of benzene rings is 1. The largest absolute Gasteiger partial charge is 0.451 e. The molecule has 0 aliphatic heterocycles. The number of halogens is 4. The van der Waals surface area contributed by atoms with Gasteiger partial charge in [-0.1, -0.05) is 11.6 Å². The Labute approximate surface area is 99.8 Å². The highest BCUT2D eigenvalue weighted by Gasteiger charge is 2.38. The summed E-state index contributed by atoms with van der Waals surface area (Å²) in [6.45, 7) is 1.40. The highest BCUT2D eigenvalue weighted by molar-refractivity contribution is 6.30. The summed E-state index contributed by atoms with van der Waals surface area (Å²) in [6.07, 6.45) is -4.54. The van der Waals surface area contributed by atoms with Crippen LogP contribution in [0.3, 0.4) is 0 Å². The van der Waals surface area contributed by atoms with Gasteiger partial charge < -0.3 is 0 Å². The summed E-state index contributed by atoms with van der Waals surface area (Å²) in [5, 5.41) is 4.16. The summed E-state index contributed by atoms with van der Waals surface area (Å²) in [5.41, 5.74) is 0.266. The molecule has 0 saturated carbocycles. The van der Waals surface area contributed by atoms with E-state index < -0.39 is 12.0 Å². The highest BCUT2D eigenvalue weighted by atomic mass is 35.5. The number of nitrogens with zero attached hydrogens (tertiary/aromatic N) is 3. The molecule has 0 N–H and O–H groups in total. The number of alkyl halides is 3. The number of hydrogen-bond donors (Lipinski definition) is 0. The first-order chi connectivity index (χ1) is 7.88. The lowest BCUT2D eigenvalue weighted by molar-refractivity contribution is -0.146. The van der Waals surface area contributed by atoms with E-state index in [9.17, 15) is 13.2 Å². The van der Waals surface area contributed by atoms with E-state index in [1.165, 1.54) is 31.2 Å². The van der Waals surface area contributed by atoms with Crippen molar-refractivity contribution in [2.45, 2.75) is 13.1 Å². The Bertz CT molecular complexity index is 531. The second-order valence-corrected chi connectivity index (χ2v) is 3.81. The zero-order valence-corrected chi connectivity index (χ0v) is 9.42. The van der Waals surface area contributed by atoms with E-state index in [0.717, 1.165) is 4.68 Å². The normalized spacial score (nSPS) is 11.8. The van der Waals surface area contributed by atoms with Gasteiger partial charge in [-0.3, -0.25) is 0 Å². The fraction of sp³-hybridized carbons (Fsp3) is 0.200. The van der Waals surface area contributed by atoms with E-state index >= 15 is 0 Å². The second kappa shape index (κ2) is 4.03. The van der Waals surface area contributed by atoms with Crippen LogP contribution in [0.4, 0.5) is 13.2 Å². The number of rotatable bonds is 1. The van der Waals surface area contributed by atoms with Gasteiger partial charge in [0.25, 0.3) is 0 Å². The molecule has 0 fully saturated rings. The van der Waals surface area contributed by atoms with Crippen molar-refractivity contribution >= 4 is 11.6 Å². The van der Waals surface area contributed by atoms with Crippen LogP contribution in [0.2, 0.25) is 5.02 Å². The van der Waals surface area contributed by atoms with Crippen molar-refractivity contribution in [3.8, 4) is 5.69 Å². The molecule has 3 nitrogen and oxygen atoms in total. The lowest BCUT2D eigenvalue weighted by atomic mass is 10.3. The monoisotopic (exact) mass is 261 g/mol. The van der Waals surface area contributed by atoms with E-state index in [-0.39, 0.29) is 11.5 Å². The average molecular weight is 262 g/mol. The van der Waals surface area contributed by atoms with Gasteiger partial charge >= 0.3 is 6.18 Å². The van der Waals surface area contributed by atoms with Crippen LogP contribution in [0.5, 0.6) is 0 Å². The maximum atomic E-state index is 12.7. The van der Waals surface area contributed by atoms with E-state index in [1.807, 2.05) is 0 Å². The molecule has 2 aromatic rings. The Morgan fingerprint density at radius 2 is 1.76 bits per heavy atom. The Morgan fingerprint density at radius 3 is 2.29 bits per heavy atom. The predicted molar refractivity (Wildman–Crippen MR) is 56.1 cm³/mol. The maximum absolute atomic E-state index is 12.7. The van der Waals surface area contributed by atoms with Crippen molar-refractivity contribution in [1.82, 2.24) is 14.8 Å². The van der Waals surface area contributed by atoms with E-state index in [1.54, 1.807) is 0 Å². The van der Waals surface area contributed by atoms with Crippen LogP contribution in [-0.2, 0) is 6.18 Å². The van der Waals surface area contributed by atoms with Crippen LogP contribution in [-0.4, -0.2) is 14.8 Å². The van der Waals surface area contributed by atoms with Gasteiger partial charge in [0.2, 0.25) is 5.82 Å². The minimum Gasteiger partial charge on any atom is -0.209 e. The first kappa shape index (κ1) is 11.9. The van der Waals surface area contributed by atoms with E-state index in [4.69, 9.17) is 11.6 Å². The summed E-state index contributed by atoms with van der Waals surface area (Å²) >= 11 is 5.67. The lowest BCUT2D eigenvalue weighted by Crippen LogP contribution is -2.14. The van der Waals surface area contributed by atoms with Crippen molar-refractivity contribution in [2.24, 2.45) is 0 Å². The molecule has 0 spiro atoms. The molecule has 1 heterocycles. The van der Waals surface area contributed by atoms with Crippen molar-refractivity contribution in [3.63, 3.8) is 0 Å². The Hall–Kier alpha value is -1.56. The van der Waals surface area contributed by atoms with Gasteiger partial charge in [0.05, 0.1) is 5.69 Å². The first-order valence-electron chi connectivity index (χ1n) is 4.65. The van der Waals surface area contributed by atoms with Crippen molar-refractivity contribution in [2.75, 3.05) is 0 Å². The van der Waals surface area contributed by atoms with Crippen LogP contribution >= 0.6 is 11.6 Å². The minimum absolute atomic E-state index is 0.0623. The van der Waals surface area contributed by atoms with Crippen molar-refractivity contribution in [3.05, 3.63) is 40.9 Å². The third kappa shape index (κ3) is 2.41. The molecule has 7 heteroatoms. The molecule has 0 atom stereocenters. The molecule has 17 heavy (non-hydrogen) atoms. The Balaban J connectivity index is 2.55. The molecular weight excluding hydrogens is 255 g/mol. The molecule has 90 valence electrons. The van der Waals surface area contributed by atoms with Crippen LogP contribution in [0.15, 0.2) is 24.3 Å². The van der Waals surface area contributed by atoms with Crippen molar-refractivity contribution < 1.29 is 13.2 Å². The number of aromatic nitrogens is 3. The summed E-state index contributed by atoms with van der Waals surface area (Å²) in [5.74, 6) is -0.982. The standard InChI is InChI=1S/C10H7ClF3N3/c1-6-15-9(10(12,13)14)17(16-6)8-4-2-7(11)3-5-8/h2-5H,1H3. The predicted octanol–water partition coefficient (Wildman–Crippen LogP) is 3.25. The first-order valence-corrected chi connectivity index (χ1v) is 5.02. The third-order valence-corrected chi connectivity index (χ3v) is 2.29. The molecule has 1 aromatic carbocycles. The number of hydrogen-bond acceptors (Lipinski definition) is 2. The topological polar surface area (TPSA) is 30.7 Å². The molecule has 0 aliphatic rings. The second-order valence-electron chi connectivity index (χ2n) is 3.37. The van der Waals surface area contributed by atoms with E-state index in [2.05, 4.69) is 10.1 Å². The van der Waals surface area contributed by atoms with Crippen LogP contribution in [0.1, 0.15) is 11.6 Å². The fourth-order valence-corrected chi connectivity index (χ4v) is 1.49. The zero-order chi connectivity index (χ0) is 12.6. The van der Waals surface area contributed by atoms with Gasteiger partial charge in [-0.25, -0.2) is 9.67 Å².